The first-order chi connectivity index (χ1) is 14.0. The number of amides is 1. The molecule has 1 heterocycles. The smallest absolute Gasteiger partial charge is 0.394 e. The van der Waals surface area contributed by atoms with E-state index < -0.39 is 48.4 Å². The molecule has 0 fully saturated rings. The van der Waals surface area contributed by atoms with E-state index in [2.05, 4.69) is 5.32 Å². The Kier molecular flexibility index (Phi) is 7.42. The lowest BCUT2D eigenvalue weighted by Crippen LogP contribution is -2.47. The number of pyridine rings is 1. The maximum Gasteiger partial charge on any atom is 0.395 e. The van der Waals surface area contributed by atoms with Gasteiger partial charge in [0.2, 0.25) is 5.91 Å². The molecule has 1 aromatic heterocycles. The Morgan fingerprint density at radius 3 is 2.33 bits per heavy atom. The van der Waals surface area contributed by atoms with E-state index in [0.29, 0.717) is 12.0 Å². The topological polar surface area (TPSA) is 94.2 Å². The number of nitrogen functional groups attached to an aromatic ring is 1. The van der Waals surface area contributed by atoms with Gasteiger partial charge in [0.25, 0.3) is 5.56 Å². The van der Waals surface area contributed by atoms with Gasteiger partial charge in [0, 0.05) is 6.20 Å². The number of hydrogen-bond donors (Lipinski definition) is 2. The van der Waals surface area contributed by atoms with Crippen LogP contribution in [0, 0.1) is 5.92 Å². The second-order valence-corrected chi connectivity index (χ2v) is 7.45. The van der Waals surface area contributed by atoms with Crippen LogP contribution in [0.15, 0.2) is 47.4 Å². The van der Waals surface area contributed by atoms with E-state index in [9.17, 15) is 27.6 Å². The molecule has 1 aromatic carbocycles. The third-order valence-electron chi connectivity index (χ3n) is 4.44. The fraction of sp³-hybridized carbons (Fsp3) is 0.381. The highest BCUT2D eigenvalue weighted by atomic mass is 19.4. The van der Waals surface area contributed by atoms with E-state index in [0.717, 1.165) is 10.1 Å². The summed E-state index contributed by atoms with van der Waals surface area (Å²) in [7, 11) is 0. The third kappa shape index (κ3) is 6.75. The number of anilines is 1. The van der Waals surface area contributed by atoms with Crippen molar-refractivity contribution in [2.45, 2.75) is 45.5 Å². The Morgan fingerprint density at radius 1 is 1.13 bits per heavy atom. The monoisotopic (exact) mass is 423 g/mol. The molecule has 162 valence electrons. The van der Waals surface area contributed by atoms with Crippen molar-refractivity contribution in [2.24, 2.45) is 5.92 Å². The number of nitrogens with zero attached hydrogens (tertiary/aromatic N) is 1. The lowest BCUT2D eigenvalue weighted by atomic mass is 9.97. The van der Waals surface area contributed by atoms with Crippen LogP contribution in [0.3, 0.4) is 0 Å². The molecule has 0 saturated heterocycles. The molecule has 3 N–H and O–H groups in total. The summed E-state index contributed by atoms with van der Waals surface area (Å²) in [5, 5.41) is 2.31. The number of carbonyl (C=O) groups is 2. The summed E-state index contributed by atoms with van der Waals surface area (Å²) < 4.78 is 38.7. The van der Waals surface area contributed by atoms with E-state index >= 15 is 0 Å². The number of hydrogen-bond acceptors (Lipinski definition) is 4. The van der Waals surface area contributed by atoms with E-state index in [1.165, 1.54) is 26.1 Å². The molecule has 0 aliphatic heterocycles. The van der Waals surface area contributed by atoms with Crippen molar-refractivity contribution in [1.29, 1.82) is 0 Å². The van der Waals surface area contributed by atoms with Gasteiger partial charge in [-0.05, 0) is 29.5 Å². The van der Waals surface area contributed by atoms with Crippen LogP contribution in [0.2, 0.25) is 0 Å². The first kappa shape index (κ1) is 23.2. The Bertz CT molecular complexity index is 953. The summed E-state index contributed by atoms with van der Waals surface area (Å²) in [6.07, 6.45) is -4.33. The van der Waals surface area contributed by atoms with Crippen LogP contribution >= 0.6 is 0 Å². The maximum atomic E-state index is 12.5. The average Bonchev–Trinajstić information content (AvgIpc) is 2.63. The third-order valence-corrected chi connectivity index (χ3v) is 4.44. The first-order valence-electron chi connectivity index (χ1n) is 9.38. The standard InChI is InChI=1S/C21H24F3N3O3/c1-13(2)19(17(28)10-21(22,23)24)26-18(29)12-27-11-15(9-16(25)20(27)30)8-14-6-4-3-5-7-14/h3-7,9,11,13,19H,8,10,12,25H2,1-2H3,(H,26,29). The van der Waals surface area contributed by atoms with Crippen molar-refractivity contribution in [3.63, 3.8) is 0 Å². The highest BCUT2D eigenvalue weighted by Crippen LogP contribution is 2.22. The quantitative estimate of drug-likeness (QED) is 0.683. The van der Waals surface area contributed by atoms with Crippen molar-refractivity contribution in [2.75, 3.05) is 5.73 Å². The van der Waals surface area contributed by atoms with Crippen molar-refractivity contribution in [3.8, 4) is 0 Å². The van der Waals surface area contributed by atoms with Gasteiger partial charge in [-0.2, -0.15) is 13.2 Å². The second kappa shape index (κ2) is 9.60. The summed E-state index contributed by atoms with van der Waals surface area (Å²) in [5.41, 5.74) is 6.80. The molecule has 1 atom stereocenters. The molecule has 6 nitrogen and oxygen atoms in total. The molecule has 0 spiro atoms. The van der Waals surface area contributed by atoms with Crippen LogP contribution in [-0.4, -0.2) is 28.5 Å². The predicted octanol–water partition coefficient (Wildman–Crippen LogP) is 2.68. The molecule has 0 saturated carbocycles. The van der Waals surface area contributed by atoms with Crippen molar-refractivity contribution >= 4 is 17.4 Å². The number of Topliss-reactive ketones (excluding diaryl/α,β-unsaturated/α-hetero) is 1. The van der Waals surface area contributed by atoms with E-state index in [1.54, 1.807) is 0 Å². The minimum Gasteiger partial charge on any atom is -0.394 e. The van der Waals surface area contributed by atoms with Crippen molar-refractivity contribution in [3.05, 3.63) is 64.1 Å². The zero-order valence-corrected chi connectivity index (χ0v) is 16.7. The zero-order chi connectivity index (χ0) is 22.5. The number of rotatable bonds is 8. The van der Waals surface area contributed by atoms with Gasteiger partial charge in [-0.25, -0.2) is 0 Å². The number of halogens is 3. The van der Waals surface area contributed by atoms with Gasteiger partial charge in [0.05, 0.1) is 11.7 Å². The molecule has 30 heavy (non-hydrogen) atoms. The maximum absolute atomic E-state index is 12.5. The van der Waals surface area contributed by atoms with Gasteiger partial charge in [-0.15, -0.1) is 0 Å². The van der Waals surface area contributed by atoms with Crippen molar-refractivity contribution < 1.29 is 22.8 Å². The second-order valence-electron chi connectivity index (χ2n) is 7.45. The van der Waals surface area contributed by atoms with Crippen LogP contribution in [0.25, 0.3) is 0 Å². The Balaban J connectivity index is 2.16. The van der Waals surface area contributed by atoms with E-state index in [4.69, 9.17) is 5.73 Å². The lowest BCUT2D eigenvalue weighted by molar-refractivity contribution is -0.155. The minimum atomic E-state index is -4.66. The summed E-state index contributed by atoms with van der Waals surface area (Å²) in [6.45, 7) is 2.60. The average molecular weight is 423 g/mol. The fourth-order valence-corrected chi connectivity index (χ4v) is 3.07. The fourth-order valence-electron chi connectivity index (χ4n) is 3.07. The van der Waals surface area contributed by atoms with Crippen LogP contribution in [0.5, 0.6) is 0 Å². The van der Waals surface area contributed by atoms with Crippen LogP contribution in [-0.2, 0) is 22.6 Å². The molecular formula is C21H24F3N3O3. The van der Waals surface area contributed by atoms with E-state index in [-0.39, 0.29) is 5.69 Å². The number of benzene rings is 1. The van der Waals surface area contributed by atoms with Crippen LogP contribution in [0.4, 0.5) is 18.9 Å². The van der Waals surface area contributed by atoms with Crippen molar-refractivity contribution in [1.82, 2.24) is 9.88 Å². The molecular weight excluding hydrogens is 399 g/mol. The number of nitrogens with two attached hydrogens (primary N) is 1. The van der Waals surface area contributed by atoms with Gasteiger partial charge in [-0.1, -0.05) is 44.2 Å². The molecule has 1 unspecified atom stereocenters. The minimum absolute atomic E-state index is 0.0511. The molecule has 0 bridgehead atoms. The predicted molar refractivity (Wildman–Crippen MR) is 107 cm³/mol. The van der Waals surface area contributed by atoms with Gasteiger partial charge < -0.3 is 15.6 Å². The van der Waals surface area contributed by atoms with E-state index in [1.807, 2.05) is 30.3 Å². The van der Waals surface area contributed by atoms with Gasteiger partial charge in [-0.3, -0.25) is 14.4 Å². The molecule has 0 aliphatic carbocycles. The SMILES string of the molecule is CC(C)C(NC(=O)Cn1cc(Cc2ccccc2)cc(N)c1=O)C(=O)CC(F)(F)F. The van der Waals surface area contributed by atoms with Gasteiger partial charge in [0.15, 0.2) is 5.78 Å². The molecule has 0 radical (unpaired) electrons. The molecule has 2 aromatic rings. The van der Waals surface area contributed by atoms with Crippen LogP contribution in [0.1, 0.15) is 31.4 Å². The number of aromatic nitrogens is 1. The lowest BCUT2D eigenvalue weighted by Gasteiger charge is -2.22. The molecule has 9 heteroatoms. The first-order valence-corrected chi connectivity index (χ1v) is 9.38. The summed E-state index contributed by atoms with van der Waals surface area (Å²) in [6, 6.07) is 9.62. The summed E-state index contributed by atoms with van der Waals surface area (Å²) in [5.74, 6) is -2.42. The molecule has 2 rings (SSSR count). The zero-order valence-electron chi connectivity index (χ0n) is 16.7. The Hall–Kier alpha value is -3.10. The normalized spacial score (nSPS) is 12.6. The van der Waals surface area contributed by atoms with Crippen LogP contribution < -0.4 is 16.6 Å². The number of ketones is 1. The highest BCUT2D eigenvalue weighted by molar-refractivity contribution is 5.89. The summed E-state index contributed by atoms with van der Waals surface area (Å²) >= 11 is 0. The Labute approximate surface area is 171 Å². The Morgan fingerprint density at radius 2 is 1.77 bits per heavy atom. The number of alkyl halides is 3. The number of carbonyl (C=O) groups excluding carboxylic acids is 2. The summed E-state index contributed by atoms with van der Waals surface area (Å²) in [4.78, 5) is 36.6. The van der Waals surface area contributed by atoms with Gasteiger partial charge >= 0.3 is 6.18 Å². The molecule has 1 amide bonds. The van der Waals surface area contributed by atoms with Gasteiger partial charge in [0.1, 0.15) is 13.0 Å². The number of nitrogens with one attached hydrogen (secondary N) is 1. The largest absolute Gasteiger partial charge is 0.395 e. The molecule has 0 aliphatic rings. The highest BCUT2D eigenvalue weighted by Gasteiger charge is 2.36.